The Morgan fingerprint density at radius 2 is 1.67 bits per heavy atom. The zero-order valence-corrected chi connectivity index (χ0v) is 11.8. The van der Waals surface area contributed by atoms with Crippen LogP contribution in [0.1, 0.15) is 77.0 Å². The minimum atomic E-state index is 0.964. The number of hydrogen-bond donors (Lipinski definition) is 1. The molecule has 1 aromatic heterocycles. The summed E-state index contributed by atoms with van der Waals surface area (Å²) in [4.78, 5) is 7.23. The molecular formula is C16H28N2. The lowest BCUT2D eigenvalue weighted by Gasteiger charge is -2.00. The van der Waals surface area contributed by atoms with Crippen LogP contribution < -0.4 is 0 Å². The molecule has 2 nitrogen and oxygen atoms in total. The van der Waals surface area contributed by atoms with Gasteiger partial charge in [-0.15, -0.1) is 0 Å². The molecule has 2 heteroatoms. The van der Waals surface area contributed by atoms with Gasteiger partial charge in [0, 0.05) is 12.4 Å². The number of imidazole rings is 1. The van der Waals surface area contributed by atoms with Crippen molar-refractivity contribution in [2.75, 3.05) is 0 Å². The first-order chi connectivity index (χ1) is 8.93. The van der Waals surface area contributed by atoms with E-state index in [1.165, 1.54) is 64.2 Å². The molecule has 1 rings (SSSR count). The van der Waals surface area contributed by atoms with Crippen molar-refractivity contribution in [2.45, 2.75) is 71.1 Å². The van der Waals surface area contributed by atoms with Crippen LogP contribution in [0.15, 0.2) is 18.5 Å². The highest BCUT2D eigenvalue weighted by Gasteiger charge is 1.91. The number of allylic oxidation sites excluding steroid dienone is 1. The lowest BCUT2D eigenvalue weighted by molar-refractivity contribution is 0.566. The highest BCUT2D eigenvalue weighted by Crippen LogP contribution is 2.10. The predicted molar refractivity (Wildman–Crippen MR) is 79.5 cm³/mol. The van der Waals surface area contributed by atoms with Crippen LogP contribution in [-0.2, 0) is 0 Å². The maximum absolute atomic E-state index is 4.16. The number of aromatic amines is 1. The highest BCUT2D eigenvalue weighted by atomic mass is 14.9. The van der Waals surface area contributed by atoms with Gasteiger partial charge >= 0.3 is 0 Å². The molecule has 1 N–H and O–H groups in total. The van der Waals surface area contributed by atoms with Gasteiger partial charge in [-0.2, -0.15) is 0 Å². The Morgan fingerprint density at radius 3 is 2.28 bits per heavy atom. The molecule has 0 radical (unpaired) electrons. The third kappa shape index (κ3) is 8.10. The molecule has 0 spiro atoms. The first-order valence-corrected chi connectivity index (χ1v) is 7.59. The normalized spacial score (nSPS) is 11.4. The maximum Gasteiger partial charge on any atom is 0.129 e. The lowest BCUT2D eigenvalue weighted by atomic mass is 10.1. The smallest absolute Gasteiger partial charge is 0.129 e. The van der Waals surface area contributed by atoms with Gasteiger partial charge in [0.1, 0.15) is 5.82 Å². The van der Waals surface area contributed by atoms with Gasteiger partial charge in [0.25, 0.3) is 0 Å². The van der Waals surface area contributed by atoms with Gasteiger partial charge in [0.05, 0.1) is 0 Å². The van der Waals surface area contributed by atoms with Crippen molar-refractivity contribution in [2.24, 2.45) is 0 Å². The van der Waals surface area contributed by atoms with E-state index in [0.717, 1.165) is 5.82 Å². The van der Waals surface area contributed by atoms with Crippen LogP contribution in [0.4, 0.5) is 0 Å². The fourth-order valence-electron chi connectivity index (χ4n) is 2.14. The fourth-order valence-corrected chi connectivity index (χ4v) is 2.14. The molecule has 0 aliphatic rings. The van der Waals surface area contributed by atoms with Crippen molar-refractivity contribution in [3.63, 3.8) is 0 Å². The molecule has 0 amide bonds. The Morgan fingerprint density at radius 1 is 1.00 bits per heavy atom. The quantitative estimate of drug-likeness (QED) is 0.526. The van der Waals surface area contributed by atoms with Crippen molar-refractivity contribution in [1.82, 2.24) is 9.97 Å². The van der Waals surface area contributed by atoms with Crippen LogP contribution in [0, 0.1) is 0 Å². The van der Waals surface area contributed by atoms with Crippen LogP contribution in [0.2, 0.25) is 0 Å². The van der Waals surface area contributed by atoms with E-state index in [2.05, 4.69) is 29.0 Å². The summed E-state index contributed by atoms with van der Waals surface area (Å²) in [6.07, 6.45) is 21.7. The van der Waals surface area contributed by atoms with E-state index in [4.69, 9.17) is 0 Å². The summed E-state index contributed by atoms with van der Waals surface area (Å²) in [6, 6.07) is 0. The molecule has 0 atom stereocenters. The van der Waals surface area contributed by atoms with E-state index in [0.29, 0.717) is 0 Å². The van der Waals surface area contributed by atoms with Crippen LogP contribution in [0.25, 0.3) is 6.08 Å². The molecule has 0 aromatic carbocycles. The number of nitrogens with zero attached hydrogens (tertiary/aromatic N) is 1. The fraction of sp³-hybridized carbons (Fsp3) is 0.688. The van der Waals surface area contributed by atoms with E-state index in [9.17, 15) is 0 Å². The van der Waals surface area contributed by atoms with Crippen LogP contribution in [0.3, 0.4) is 0 Å². The van der Waals surface area contributed by atoms with Crippen molar-refractivity contribution in [3.8, 4) is 0 Å². The maximum atomic E-state index is 4.16. The molecule has 102 valence electrons. The van der Waals surface area contributed by atoms with Crippen LogP contribution in [-0.4, -0.2) is 9.97 Å². The Bertz CT molecular complexity index is 288. The number of hydrogen-bond acceptors (Lipinski definition) is 1. The monoisotopic (exact) mass is 248 g/mol. The number of nitrogens with one attached hydrogen (secondary N) is 1. The molecule has 1 heterocycles. The Labute approximate surface area is 112 Å². The summed E-state index contributed by atoms with van der Waals surface area (Å²) in [5, 5.41) is 0. The number of H-pyrrole nitrogens is 1. The van der Waals surface area contributed by atoms with Gasteiger partial charge in [0.15, 0.2) is 0 Å². The van der Waals surface area contributed by atoms with Crippen LogP contribution >= 0.6 is 0 Å². The standard InChI is InChI=1S/C16H28N2/c1-2-3-4-5-6-7-8-9-10-11-12-13-16-17-14-15-18-16/h12-15H,2-11H2,1H3,(H,17,18). The van der Waals surface area contributed by atoms with Crippen molar-refractivity contribution >= 4 is 6.08 Å². The minimum Gasteiger partial charge on any atom is -0.345 e. The van der Waals surface area contributed by atoms with Gasteiger partial charge in [0.2, 0.25) is 0 Å². The topological polar surface area (TPSA) is 28.7 Å². The van der Waals surface area contributed by atoms with E-state index in [1.807, 2.05) is 6.20 Å². The second-order valence-electron chi connectivity index (χ2n) is 4.99. The van der Waals surface area contributed by atoms with E-state index in [-0.39, 0.29) is 0 Å². The summed E-state index contributed by atoms with van der Waals surface area (Å²) >= 11 is 0. The molecular weight excluding hydrogens is 220 g/mol. The Hall–Kier alpha value is -1.05. The third-order valence-electron chi connectivity index (χ3n) is 3.27. The second-order valence-corrected chi connectivity index (χ2v) is 4.99. The summed E-state index contributed by atoms with van der Waals surface area (Å²) < 4.78 is 0. The highest BCUT2D eigenvalue weighted by molar-refractivity contribution is 5.38. The number of rotatable bonds is 11. The molecule has 0 saturated carbocycles. The zero-order valence-electron chi connectivity index (χ0n) is 11.8. The van der Waals surface area contributed by atoms with Crippen molar-refractivity contribution in [3.05, 3.63) is 24.3 Å². The summed E-state index contributed by atoms with van der Waals surface area (Å²) in [7, 11) is 0. The lowest BCUT2D eigenvalue weighted by Crippen LogP contribution is -1.81. The molecule has 0 saturated heterocycles. The van der Waals surface area contributed by atoms with Gasteiger partial charge in [-0.1, -0.05) is 64.4 Å². The van der Waals surface area contributed by atoms with Gasteiger partial charge in [-0.25, -0.2) is 4.98 Å². The zero-order chi connectivity index (χ0) is 12.9. The average molecular weight is 248 g/mol. The molecule has 0 aliphatic heterocycles. The Balaban J connectivity index is 1.81. The van der Waals surface area contributed by atoms with E-state index < -0.39 is 0 Å². The molecule has 1 aromatic rings. The molecule has 0 aliphatic carbocycles. The van der Waals surface area contributed by atoms with Gasteiger partial charge in [-0.05, 0) is 18.9 Å². The second kappa shape index (κ2) is 11.1. The number of aromatic nitrogens is 2. The number of unbranched alkanes of at least 4 members (excludes halogenated alkanes) is 9. The first-order valence-electron chi connectivity index (χ1n) is 7.59. The largest absolute Gasteiger partial charge is 0.345 e. The van der Waals surface area contributed by atoms with Crippen LogP contribution in [0.5, 0.6) is 0 Å². The first kappa shape index (κ1) is 15.0. The van der Waals surface area contributed by atoms with E-state index in [1.54, 1.807) is 6.20 Å². The van der Waals surface area contributed by atoms with Crippen molar-refractivity contribution in [1.29, 1.82) is 0 Å². The Kier molecular flexibility index (Phi) is 9.23. The van der Waals surface area contributed by atoms with Crippen molar-refractivity contribution < 1.29 is 0 Å². The molecule has 0 unspecified atom stereocenters. The van der Waals surface area contributed by atoms with Gasteiger partial charge < -0.3 is 4.98 Å². The molecule has 0 fully saturated rings. The summed E-state index contributed by atoms with van der Waals surface area (Å²) in [5.74, 6) is 0.964. The minimum absolute atomic E-state index is 0.964. The van der Waals surface area contributed by atoms with E-state index >= 15 is 0 Å². The molecule has 18 heavy (non-hydrogen) atoms. The predicted octanol–water partition coefficient (Wildman–Crippen LogP) is 5.34. The third-order valence-corrected chi connectivity index (χ3v) is 3.27. The summed E-state index contributed by atoms with van der Waals surface area (Å²) in [5.41, 5.74) is 0. The van der Waals surface area contributed by atoms with Gasteiger partial charge in [-0.3, -0.25) is 0 Å². The average Bonchev–Trinajstić information content (AvgIpc) is 2.89. The summed E-state index contributed by atoms with van der Waals surface area (Å²) in [6.45, 7) is 2.27. The SMILES string of the molecule is CCCCCCCCCCCC=Cc1ncc[nH]1. The molecule has 0 bridgehead atoms.